The maximum Gasteiger partial charge on any atom is 0.431 e. The van der Waals surface area contributed by atoms with Crippen LogP contribution >= 0.6 is 0 Å². The van der Waals surface area contributed by atoms with Crippen molar-refractivity contribution in [1.29, 1.82) is 0 Å². The van der Waals surface area contributed by atoms with Crippen molar-refractivity contribution in [3.8, 4) is 22.6 Å². The van der Waals surface area contributed by atoms with Gasteiger partial charge in [-0.25, -0.2) is 0 Å². The highest BCUT2D eigenvalue weighted by Crippen LogP contribution is 2.46. The first-order chi connectivity index (χ1) is 16.4. The number of nitrogens with one attached hydrogen (secondary N) is 2. The van der Waals surface area contributed by atoms with Gasteiger partial charge in [0.25, 0.3) is 11.5 Å². The first kappa shape index (κ1) is 24.1. The maximum atomic E-state index is 12.8. The molecular weight excluding hydrogens is 489 g/mol. The summed E-state index contributed by atoms with van der Waals surface area (Å²) in [5.74, 6) is -1.50. The first-order valence-electron chi connectivity index (χ1n) is 9.73. The van der Waals surface area contributed by atoms with Crippen LogP contribution in [0.3, 0.4) is 0 Å². The Bertz CT molecular complexity index is 1280. The number of halogens is 7. The molecule has 0 atom stereocenters. The van der Waals surface area contributed by atoms with Crippen molar-refractivity contribution in [3.05, 3.63) is 81.3 Å². The van der Waals surface area contributed by atoms with Crippen molar-refractivity contribution in [2.75, 3.05) is 0 Å². The van der Waals surface area contributed by atoms with Gasteiger partial charge in [0, 0.05) is 0 Å². The molecule has 4 rings (SSSR count). The second-order valence-corrected chi connectivity index (χ2v) is 7.27. The number of hydrogen-bond acceptors (Lipinski definition) is 4. The Hall–Kier alpha value is -4.03. The Labute approximate surface area is 191 Å². The van der Waals surface area contributed by atoms with Gasteiger partial charge in [0.1, 0.15) is 22.8 Å². The minimum Gasteiger partial charge on any atom is -0.435 e. The van der Waals surface area contributed by atoms with Gasteiger partial charge in [0.2, 0.25) is 0 Å². The van der Waals surface area contributed by atoms with Crippen LogP contribution in [0.4, 0.5) is 30.7 Å². The normalized spacial score (nSPS) is 13.1. The Balaban J connectivity index is 1.72. The van der Waals surface area contributed by atoms with Crippen LogP contribution in [0.25, 0.3) is 11.1 Å². The molecule has 1 aromatic heterocycles. The van der Waals surface area contributed by atoms with Crippen LogP contribution < -0.4 is 20.3 Å². The maximum absolute atomic E-state index is 12.8. The summed E-state index contributed by atoms with van der Waals surface area (Å²) >= 11 is 0. The molecule has 184 valence electrons. The molecule has 35 heavy (non-hydrogen) atoms. The summed E-state index contributed by atoms with van der Waals surface area (Å²) in [5, 5.41) is 2.51. The average Bonchev–Trinajstić information content (AvgIpc) is 3.04. The Morgan fingerprint density at radius 1 is 0.857 bits per heavy atom. The van der Waals surface area contributed by atoms with Crippen LogP contribution in [0.15, 0.2) is 53.3 Å². The van der Waals surface area contributed by atoms with E-state index in [-0.39, 0.29) is 22.6 Å². The third kappa shape index (κ3) is 4.93. The number of rotatable bonds is 6. The van der Waals surface area contributed by atoms with Gasteiger partial charge in [-0.2, -0.15) is 30.7 Å². The molecule has 2 aromatic carbocycles. The molecule has 6 nitrogen and oxygen atoms in total. The van der Waals surface area contributed by atoms with Gasteiger partial charge in [-0.1, -0.05) is 12.1 Å². The lowest BCUT2D eigenvalue weighted by Gasteiger charge is -2.16. The van der Waals surface area contributed by atoms with Crippen LogP contribution in [0.2, 0.25) is 0 Å². The molecule has 0 saturated heterocycles. The van der Waals surface area contributed by atoms with Crippen molar-refractivity contribution in [2.24, 2.45) is 0 Å². The van der Waals surface area contributed by atoms with E-state index in [0.29, 0.717) is 23.3 Å². The highest BCUT2D eigenvalue weighted by molar-refractivity contribution is 5.95. The van der Waals surface area contributed by atoms with Gasteiger partial charge in [0.15, 0.2) is 0 Å². The lowest BCUT2D eigenvalue weighted by molar-refractivity contribution is -0.141. The monoisotopic (exact) mass is 502 g/mol. The van der Waals surface area contributed by atoms with Crippen LogP contribution in [0.1, 0.15) is 33.2 Å². The predicted molar refractivity (Wildman–Crippen MR) is 107 cm³/mol. The van der Waals surface area contributed by atoms with Gasteiger partial charge < -0.3 is 19.8 Å². The molecule has 0 unspecified atom stereocenters. The minimum atomic E-state index is -4.83. The van der Waals surface area contributed by atoms with E-state index in [1.165, 1.54) is 36.4 Å². The number of pyridine rings is 1. The summed E-state index contributed by atoms with van der Waals surface area (Å²) < 4.78 is 97.8. The van der Waals surface area contributed by atoms with E-state index in [4.69, 9.17) is 0 Å². The fourth-order valence-electron chi connectivity index (χ4n) is 3.74. The van der Waals surface area contributed by atoms with Gasteiger partial charge in [0.05, 0.1) is 6.04 Å². The molecule has 0 spiro atoms. The Morgan fingerprint density at radius 2 is 1.37 bits per heavy atom. The van der Waals surface area contributed by atoms with Gasteiger partial charge >= 0.3 is 19.4 Å². The second-order valence-electron chi connectivity index (χ2n) is 7.27. The van der Waals surface area contributed by atoms with E-state index in [9.17, 15) is 40.3 Å². The zero-order valence-corrected chi connectivity index (χ0v) is 17.1. The SMILES string of the molecule is O=C(NC1c2ccc(OC(F)F)cc2-c2cc(OC(F)F)ccc21)c1ccc(C(F)(F)F)[nH]c1=O. The summed E-state index contributed by atoms with van der Waals surface area (Å²) in [4.78, 5) is 26.5. The standard InChI is InChI=1S/C22H13F7N2O4/c23-20(24)34-9-1-3-11-14(7-9)15-8-10(35-21(25)26)2-4-12(15)17(11)31-19(33)13-5-6-16(22(27,28)29)30-18(13)32/h1-8,17,20-21H,(H,30,32)(H,31,33). The van der Waals surface area contributed by atoms with Crippen LogP contribution in [-0.2, 0) is 6.18 Å². The van der Waals surface area contributed by atoms with Crippen molar-refractivity contribution in [1.82, 2.24) is 10.3 Å². The molecule has 2 N–H and O–H groups in total. The van der Waals surface area contributed by atoms with Crippen LogP contribution in [-0.4, -0.2) is 24.1 Å². The first-order valence-corrected chi connectivity index (χ1v) is 9.73. The van der Waals surface area contributed by atoms with Crippen LogP contribution in [0, 0.1) is 0 Å². The Kier molecular flexibility index (Phi) is 6.17. The Morgan fingerprint density at radius 3 is 1.80 bits per heavy atom. The number of amides is 1. The summed E-state index contributed by atoms with van der Waals surface area (Å²) in [5.41, 5.74) is -2.04. The number of H-pyrrole nitrogens is 1. The van der Waals surface area contributed by atoms with E-state index in [1.54, 1.807) is 4.98 Å². The number of aromatic amines is 1. The van der Waals surface area contributed by atoms with Crippen LogP contribution in [0.5, 0.6) is 11.5 Å². The largest absolute Gasteiger partial charge is 0.435 e. The molecule has 1 amide bonds. The van der Waals surface area contributed by atoms with Crippen molar-refractivity contribution in [2.45, 2.75) is 25.4 Å². The van der Waals surface area contributed by atoms with E-state index in [2.05, 4.69) is 14.8 Å². The number of ether oxygens (including phenoxy) is 2. The van der Waals surface area contributed by atoms with E-state index in [1.807, 2.05) is 0 Å². The number of carbonyl (C=O) groups is 1. The number of aromatic nitrogens is 1. The number of alkyl halides is 7. The number of hydrogen-bond donors (Lipinski definition) is 2. The predicted octanol–water partition coefficient (Wildman–Crippen LogP) is 5.10. The summed E-state index contributed by atoms with van der Waals surface area (Å²) in [6, 6.07) is 7.77. The van der Waals surface area contributed by atoms with Gasteiger partial charge in [-0.15, -0.1) is 0 Å². The molecule has 3 aromatic rings. The number of carbonyl (C=O) groups excluding carboxylic acids is 1. The minimum absolute atomic E-state index is 0.240. The fourth-order valence-corrected chi connectivity index (χ4v) is 3.74. The summed E-state index contributed by atoms with van der Waals surface area (Å²) in [6.45, 7) is -6.27. The summed E-state index contributed by atoms with van der Waals surface area (Å²) in [7, 11) is 0. The molecule has 0 fully saturated rings. The lowest BCUT2D eigenvalue weighted by atomic mass is 10.0. The third-order valence-corrected chi connectivity index (χ3v) is 5.15. The quantitative estimate of drug-likeness (QED) is 0.460. The molecule has 1 aliphatic carbocycles. The second kappa shape index (κ2) is 8.96. The highest BCUT2D eigenvalue weighted by Gasteiger charge is 2.34. The molecule has 13 heteroatoms. The van der Waals surface area contributed by atoms with Crippen molar-refractivity contribution in [3.63, 3.8) is 0 Å². The van der Waals surface area contributed by atoms with Gasteiger partial charge in [-0.05, 0) is 58.7 Å². The molecular formula is C22H13F7N2O4. The smallest absolute Gasteiger partial charge is 0.431 e. The fraction of sp³-hybridized carbons (Fsp3) is 0.182. The molecule has 0 aliphatic heterocycles. The van der Waals surface area contributed by atoms with E-state index >= 15 is 0 Å². The van der Waals surface area contributed by atoms with Crippen molar-refractivity contribution < 1.29 is 45.0 Å². The third-order valence-electron chi connectivity index (χ3n) is 5.15. The zero-order valence-electron chi connectivity index (χ0n) is 17.1. The molecule has 0 bridgehead atoms. The average molecular weight is 502 g/mol. The molecule has 0 radical (unpaired) electrons. The number of benzene rings is 2. The highest BCUT2D eigenvalue weighted by atomic mass is 19.4. The molecule has 1 heterocycles. The lowest BCUT2D eigenvalue weighted by Crippen LogP contribution is -2.33. The topological polar surface area (TPSA) is 80.4 Å². The van der Waals surface area contributed by atoms with Crippen molar-refractivity contribution >= 4 is 5.91 Å². The summed E-state index contributed by atoms with van der Waals surface area (Å²) in [6.07, 6.45) is -4.83. The molecule has 0 saturated carbocycles. The molecule has 1 aliphatic rings. The number of fused-ring (bicyclic) bond motifs is 3. The van der Waals surface area contributed by atoms with E-state index < -0.39 is 48.2 Å². The van der Waals surface area contributed by atoms with Gasteiger partial charge in [-0.3, -0.25) is 9.59 Å². The van der Waals surface area contributed by atoms with E-state index in [0.717, 1.165) is 0 Å². The zero-order chi connectivity index (χ0) is 25.5.